The molecule has 2 atom stereocenters. The van der Waals surface area contributed by atoms with Crippen LogP contribution in [-0.2, 0) is 14.3 Å². The molecule has 9 N–H and O–H groups in total. The second-order valence-corrected chi connectivity index (χ2v) is 10.2. The van der Waals surface area contributed by atoms with Gasteiger partial charge in [-0.3, -0.25) is 0 Å². The van der Waals surface area contributed by atoms with Crippen LogP contribution in [0.1, 0.15) is 28.2 Å². The van der Waals surface area contributed by atoms with Crippen molar-refractivity contribution in [3.63, 3.8) is 0 Å². The summed E-state index contributed by atoms with van der Waals surface area (Å²) in [6.45, 7) is 0.0381. The number of esters is 1. The predicted molar refractivity (Wildman–Crippen MR) is 169 cm³/mol. The van der Waals surface area contributed by atoms with Crippen molar-refractivity contribution in [3.8, 4) is 51.4 Å². The van der Waals surface area contributed by atoms with Gasteiger partial charge in [0, 0.05) is 18.5 Å². The first-order chi connectivity index (χ1) is 21.9. The highest BCUT2D eigenvalue weighted by molar-refractivity contribution is 5.91. The molecule has 4 rings (SSSR count). The van der Waals surface area contributed by atoms with Crippen LogP contribution in [0.2, 0.25) is 0 Å². The summed E-state index contributed by atoms with van der Waals surface area (Å²) in [7, 11) is 1.56. The van der Waals surface area contributed by atoms with E-state index in [1.165, 1.54) is 72.8 Å². The van der Waals surface area contributed by atoms with E-state index < -0.39 is 58.5 Å². The Bertz CT molecular complexity index is 1830. The number of carbonyl (C=O) groups excluding carboxylic acids is 1. The van der Waals surface area contributed by atoms with Crippen molar-refractivity contribution in [3.05, 3.63) is 95.1 Å². The van der Waals surface area contributed by atoms with Crippen LogP contribution in [0.3, 0.4) is 0 Å². The first kappa shape index (κ1) is 32.8. The van der Waals surface area contributed by atoms with E-state index in [1.807, 2.05) is 0 Å². The maximum Gasteiger partial charge on any atom is 0.345 e. The number of ether oxygens (including phenoxy) is 1. The molecule has 0 radical (unpaired) electrons. The molecular formula is C34H31NO11. The predicted octanol–water partition coefficient (Wildman–Crippen LogP) is 4.48. The number of carboxylic acid groups (broad SMARTS) is 1. The molecule has 0 aliphatic heterocycles. The second-order valence-electron chi connectivity index (χ2n) is 10.2. The average molecular weight is 630 g/mol. The summed E-state index contributed by atoms with van der Waals surface area (Å²) >= 11 is 0. The topological polar surface area (TPSA) is 217 Å². The van der Waals surface area contributed by atoms with Gasteiger partial charge in [-0.2, -0.15) is 0 Å². The summed E-state index contributed by atoms with van der Waals surface area (Å²) in [5.74, 6) is -6.13. The molecule has 0 fully saturated rings. The van der Waals surface area contributed by atoms with Crippen LogP contribution in [0.15, 0.2) is 72.8 Å². The molecule has 0 aliphatic rings. The van der Waals surface area contributed by atoms with Crippen molar-refractivity contribution < 1.29 is 55.2 Å². The fourth-order valence-corrected chi connectivity index (χ4v) is 4.75. The van der Waals surface area contributed by atoms with Crippen molar-refractivity contribution in [2.45, 2.75) is 12.0 Å². The fraction of sp³-hybridized carbons (Fsp3) is 0.118. The Kier molecular flexibility index (Phi) is 10.0. The Balaban J connectivity index is 1.65. The van der Waals surface area contributed by atoms with E-state index in [4.69, 9.17) is 4.74 Å². The zero-order chi connectivity index (χ0) is 33.5. The zero-order valence-electron chi connectivity index (χ0n) is 24.3. The molecule has 0 heterocycles. The molecule has 0 amide bonds. The van der Waals surface area contributed by atoms with Gasteiger partial charge in [0.05, 0.1) is 0 Å². The lowest BCUT2D eigenvalue weighted by Gasteiger charge is -2.24. The lowest BCUT2D eigenvalue weighted by molar-refractivity contribution is -0.162. The molecule has 12 heteroatoms. The third-order valence-electron chi connectivity index (χ3n) is 7.03. The monoisotopic (exact) mass is 629 g/mol. The summed E-state index contributed by atoms with van der Waals surface area (Å²) in [6, 6.07) is 15.0. The van der Waals surface area contributed by atoms with Gasteiger partial charge in [-0.15, -0.1) is 0 Å². The molecule has 12 nitrogen and oxygen atoms in total. The third kappa shape index (κ3) is 7.68. The van der Waals surface area contributed by atoms with Crippen LogP contribution in [-0.4, -0.2) is 72.5 Å². The van der Waals surface area contributed by atoms with Crippen LogP contribution in [0, 0.1) is 0 Å². The van der Waals surface area contributed by atoms with Crippen molar-refractivity contribution in [2.24, 2.45) is 0 Å². The first-order valence-electron chi connectivity index (χ1n) is 13.7. The number of aliphatic carboxylic acids is 1. The number of aromatic hydroxyl groups is 7. The Hall–Kier alpha value is -6.14. The molecule has 238 valence electrons. The lowest BCUT2D eigenvalue weighted by Crippen LogP contribution is -2.37. The van der Waals surface area contributed by atoms with Crippen LogP contribution < -0.4 is 5.32 Å². The molecule has 2 unspecified atom stereocenters. The molecular weight excluding hydrogens is 598 g/mol. The van der Waals surface area contributed by atoms with E-state index in [-0.39, 0.29) is 29.0 Å². The zero-order valence-corrected chi connectivity index (χ0v) is 24.3. The van der Waals surface area contributed by atoms with Crippen molar-refractivity contribution >= 4 is 30.2 Å². The number of carboxylic acids is 1. The second kappa shape index (κ2) is 14.1. The minimum Gasteiger partial charge on any atom is -0.508 e. The largest absolute Gasteiger partial charge is 0.508 e. The van der Waals surface area contributed by atoms with Gasteiger partial charge in [-0.05, 0) is 95.0 Å². The van der Waals surface area contributed by atoms with Crippen molar-refractivity contribution in [2.75, 3.05) is 13.6 Å². The van der Waals surface area contributed by atoms with Crippen LogP contribution in [0.25, 0.3) is 29.4 Å². The van der Waals surface area contributed by atoms with Gasteiger partial charge in [0.15, 0.2) is 34.5 Å². The van der Waals surface area contributed by atoms with Gasteiger partial charge < -0.3 is 50.9 Å². The number of phenolic OH excluding ortho intramolecular Hbond substituents is 7. The number of benzene rings is 4. The highest BCUT2D eigenvalue weighted by Gasteiger charge is 2.33. The van der Waals surface area contributed by atoms with Crippen LogP contribution in [0.5, 0.6) is 40.2 Å². The smallest absolute Gasteiger partial charge is 0.345 e. The van der Waals surface area contributed by atoms with E-state index in [0.717, 1.165) is 6.08 Å². The number of nitrogens with one attached hydrogen (secondary N) is 1. The minimum atomic E-state index is -1.70. The third-order valence-corrected chi connectivity index (χ3v) is 7.03. The highest BCUT2D eigenvalue weighted by atomic mass is 16.6. The summed E-state index contributed by atoms with van der Waals surface area (Å²) in [6.07, 6.45) is 3.52. The standard InChI is InChI=1S/C34H31NO11/c1-35-17-25(22-7-9-26(37)27(38)15-22)33(34(44)45)46-32(43)10-8-19-13-29(40)28(39)12-18(19)5-6-21-14-30(41)31(42)16-24(21)20-3-2-4-23(36)11-20/h2-16,25,33,35-42H,17H2,1H3,(H,44,45). The molecule has 4 aromatic carbocycles. The number of phenols is 7. The lowest BCUT2D eigenvalue weighted by atomic mass is 9.92. The summed E-state index contributed by atoms with van der Waals surface area (Å²) in [5, 5.41) is 82.8. The van der Waals surface area contributed by atoms with Gasteiger partial charge in [-0.1, -0.05) is 30.4 Å². The summed E-state index contributed by atoms with van der Waals surface area (Å²) in [4.78, 5) is 25.0. The molecule has 0 saturated carbocycles. The van der Waals surface area contributed by atoms with Gasteiger partial charge in [-0.25, -0.2) is 9.59 Å². The number of hydrogen-bond acceptors (Lipinski definition) is 11. The minimum absolute atomic E-state index is 0.0219. The Labute approximate surface area is 262 Å². The molecule has 46 heavy (non-hydrogen) atoms. The Morgan fingerprint density at radius 3 is 1.91 bits per heavy atom. The molecule has 0 aliphatic carbocycles. The Morgan fingerprint density at radius 2 is 1.30 bits per heavy atom. The number of carbonyl (C=O) groups is 2. The van der Waals surface area contributed by atoms with E-state index in [2.05, 4.69) is 5.32 Å². The van der Waals surface area contributed by atoms with E-state index >= 15 is 0 Å². The van der Waals surface area contributed by atoms with Crippen molar-refractivity contribution in [1.82, 2.24) is 5.32 Å². The fourth-order valence-electron chi connectivity index (χ4n) is 4.75. The summed E-state index contributed by atoms with van der Waals surface area (Å²) < 4.78 is 5.28. The molecule has 0 spiro atoms. The van der Waals surface area contributed by atoms with Crippen LogP contribution >= 0.6 is 0 Å². The van der Waals surface area contributed by atoms with Gasteiger partial charge in [0.2, 0.25) is 6.10 Å². The normalized spacial score (nSPS) is 12.7. The SMILES string of the molecule is CNCC(c1ccc(O)c(O)c1)C(OC(=O)C=Cc1cc(O)c(O)cc1C=Cc1cc(O)c(O)cc1-c1cccc(O)c1)C(=O)O. The first-order valence-corrected chi connectivity index (χ1v) is 13.7. The average Bonchev–Trinajstić information content (AvgIpc) is 3.01. The molecule has 0 saturated heterocycles. The molecule has 0 bridgehead atoms. The highest BCUT2D eigenvalue weighted by Crippen LogP contribution is 2.37. The van der Waals surface area contributed by atoms with Gasteiger partial charge in [0.25, 0.3) is 0 Å². The maximum absolute atomic E-state index is 12.8. The summed E-state index contributed by atoms with van der Waals surface area (Å²) in [5.41, 5.74) is 2.17. The Morgan fingerprint density at radius 1 is 0.717 bits per heavy atom. The number of hydrogen-bond donors (Lipinski definition) is 9. The molecule has 4 aromatic rings. The quantitative estimate of drug-likeness (QED) is 0.0486. The van der Waals surface area contributed by atoms with Crippen LogP contribution in [0.4, 0.5) is 0 Å². The van der Waals surface area contributed by atoms with E-state index in [9.17, 15) is 50.4 Å². The number of likely N-dealkylation sites (N-methyl/N-ethyl adjacent to an activating group) is 1. The van der Waals surface area contributed by atoms with Gasteiger partial charge >= 0.3 is 11.9 Å². The van der Waals surface area contributed by atoms with Crippen molar-refractivity contribution in [1.29, 1.82) is 0 Å². The molecule has 0 aromatic heterocycles. The van der Waals surface area contributed by atoms with E-state index in [1.54, 1.807) is 19.2 Å². The van der Waals surface area contributed by atoms with E-state index in [0.29, 0.717) is 16.7 Å². The maximum atomic E-state index is 12.8. The van der Waals surface area contributed by atoms with Gasteiger partial charge in [0.1, 0.15) is 5.75 Å². The number of rotatable bonds is 11.